The van der Waals surface area contributed by atoms with Crippen LogP contribution in [0, 0.1) is 0 Å². The van der Waals surface area contributed by atoms with Gasteiger partial charge >= 0.3 is 0 Å². The summed E-state index contributed by atoms with van der Waals surface area (Å²) in [6.45, 7) is 3.32. The molecule has 1 atom stereocenters. The molecule has 0 aliphatic carbocycles. The zero-order chi connectivity index (χ0) is 13.0. The summed E-state index contributed by atoms with van der Waals surface area (Å²) in [5.74, 6) is 0. The molecule has 1 fully saturated rings. The first-order chi connectivity index (χ1) is 8.66. The van der Waals surface area contributed by atoms with Crippen LogP contribution in [0.1, 0.15) is 18.0 Å². The predicted octanol–water partition coefficient (Wildman–Crippen LogP) is 3.36. The number of nitrogens with one attached hydrogen (secondary N) is 1. The third-order valence-corrected chi connectivity index (χ3v) is 3.50. The predicted molar refractivity (Wildman–Crippen MR) is 76.5 cm³/mol. The number of hydrogen-bond acceptors (Lipinski definition) is 2. The fourth-order valence-corrected chi connectivity index (χ4v) is 2.47. The molecule has 6 heteroatoms. The smallest absolute Gasteiger partial charge is 0.240 e. The number of benzene rings is 1. The third-order valence-electron chi connectivity index (χ3n) is 3.25. The molecule has 0 bridgehead atoms. The first-order valence-electron chi connectivity index (χ1n) is 6.15. The van der Waals surface area contributed by atoms with E-state index in [2.05, 4.69) is 10.2 Å². The summed E-state index contributed by atoms with van der Waals surface area (Å²) < 4.78 is 25.5. The van der Waals surface area contributed by atoms with Crippen LogP contribution in [-0.4, -0.2) is 37.5 Å². The standard InChI is InChI=1S/C13H17ClF2N2.ClH/c14-11-3-1-10(2-4-11)12(9-13(15)16)18-7-5-17-6-8-18;/h1-4,12-13,17H,5-9H2;1H/t12-;/m1./s1. The molecule has 0 spiro atoms. The third kappa shape index (κ3) is 4.88. The number of piperazine rings is 1. The van der Waals surface area contributed by atoms with Crippen LogP contribution in [0.3, 0.4) is 0 Å². The Balaban J connectivity index is 0.00000180. The van der Waals surface area contributed by atoms with Crippen LogP contribution in [0.4, 0.5) is 8.78 Å². The Hall–Kier alpha value is -0.420. The van der Waals surface area contributed by atoms with Gasteiger partial charge in [0.2, 0.25) is 6.43 Å². The van der Waals surface area contributed by atoms with Crippen molar-refractivity contribution in [2.75, 3.05) is 26.2 Å². The number of alkyl halides is 2. The van der Waals surface area contributed by atoms with Crippen LogP contribution in [-0.2, 0) is 0 Å². The second kappa shape index (κ2) is 8.00. The van der Waals surface area contributed by atoms with E-state index in [4.69, 9.17) is 11.6 Å². The van der Waals surface area contributed by atoms with Crippen molar-refractivity contribution in [3.05, 3.63) is 34.9 Å². The van der Waals surface area contributed by atoms with Gasteiger partial charge in [-0.2, -0.15) is 0 Å². The maximum Gasteiger partial charge on any atom is 0.240 e. The van der Waals surface area contributed by atoms with Crippen LogP contribution in [0.25, 0.3) is 0 Å². The molecule has 0 radical (unpaired) electrons. The molecule has 1 aliphatic rings. The van der Waals surface area contributed by atoms with Crippen molar-refractivity contribution in [2.45, 2.75) is 18.9 Å². The molecule has 0 saturated carbocycles. The molecule has 1 heterocycles. The Labute approximate surface area is 123 Å². The van der Waals surface area contributed by atoms with E-state index in [1.165, 1.54) is 0 Å². The van der Waals surface area contributed by atoms with E-state index in [-0.39, 0.29) is 24.9 Å². The molecular weight excluding hydrogens is 293 g/mol. The maximum atomic E-state index is 12.7. The van der Waals surface area contributed by atoms with Crippen molar-refractivity contribution in [1.82, 2.24) is 10.2 Å². The lowest BCUT2D eigenvalue weighted by Gasteiger charge is -2.35. The number of rotatable bonds is 4. The SMILES string of the molecule is Cl.FC(F)C[C@H](c1ccc(Cl)cc1)N1CCNCC1. The normalized spacial score (nSPS) is 18.1. The van der Waals surface area contributed by atoms with Gasteiger partial charge < -0.3 is 5.32 Å². The largest absolute Gasteiger partial charge is 0.314 e. The van der Waals surface area contributed by atoms with E-state index in [0.29, 0.717) is 5.02 Å². The van der Waals surface area contributed by atoms with E-state index >= 15 is 0 Å². The molecular formula is C13H18Cl2F2N2. The minimum Gasteiger partial charge on any atom is -0.314 e. The molecule has 1 aromatic carbocycles. The van der Waals surface area contributed by atoms with Crippen LogP contribution >= 0.6 is 24.0 Å². The van der Waals surface area contributed by atoms with Gasteiger partial charge in [-0.3, -0.25) is 4.90 Å². The minimum absolute atomic E-state index is 0. The molecule has 1 N–H and O–H groups in total. The molecule has 1 saturated heterocycles. The van der Waals surface area contributed by atoms with Crippen molar-refractivity contribution in [1.29, 1.82) is 0 Å². The van der Waals surface area contributed by atoms with Gasteiger partial charge in [0.05, 0.1) is 0 Å². The highest BCUT2D eigenvalue weighted by molar-refractivity contribution is 6.30. The fourth-order valence-electron chi connectivity index (χ4n) is 2.34. The Morgan fingerprint density at radius 2 is 1.74 bits per heavy atom. The Bertz CT molecular complexity index is 367. The van der Waals surface area contributed by atoms with E-state index < -0.39 is 6.43 Å². The van der Waals surface area contributed by atoms with Crippen LogP contribution in [0.15, 0.2) is 24.3 Å². The highest BCUT2D eigenvalue weighted by atomic mass is 35.5. The van der Waals surface area contributed by atoms with Crippen LogP contribution < -0.4 is 5.32 Å². The lowest BCUT2D eigenvalue weighted by atomic mass is 10.0. The molecule has 0 aromatic heterocycles. The van der Waals surface area contributed by atoms with Crippen molar-refractivity contribution in [2.24, 2.45) is 0 Å². The summed E-state index contributed by atoms with van der Waals surface area (Å²) in [4.78, 5) is 2.12. The Morgan fingerprint density at radius 3 is 2.26 bits per heavy atom. The van der Waals surface area contributed by atoms with E-state index in [0.717, 1.165) is 31.7 Å². The summed E-state index contributed by atoms with van der Waals surface area (Å²) >= 11 is 5.84. The topological polar surface area (TPSA) is 15.3 Å². The van der Waals surface area contributed by atoms with Crippen molar-refractivity contribution in [3.8, 4) is 0 Å². The molecule has 19 heavy (non-hydrogen) atoms. The lowest BCUT2D eigenvalue weighted by molar-refractivity contribution is 0.0739. The summed E-state index contributed by atoms with van der Waals surface area (Å²) in [6, 6.07) is 6.99. The van der Waals surface area contributed by atoms with Crippen molar-refractivity contribution < 1.29 is 8.78 Å². The van der Waals surface area contributed by atoms with Crippen LogP contribution in [0.5, 0.6) is 0 Å². The average Bonchev–Trinajstić information content (AvgIpc) is 2.38. The van der Waals surface area contributed by atoms with Gasteiger partial charge in [0, 0.05) is 43.7 Å². The van der Waals surface area contributed by atoms with Gasteiger partial charge in [-0.05, 0) is 17.7 Å². The molecule has 2 rings (SSSR count). The molecule has 1 aromatic rings. The first kappa shape index (κ1) is 16.6. The van der Waals surface area contributed by atoms with E-state index in [1.54, 1.807) is 12.1 Å². The minimum atomic E-state index is -2.29. The lowest BCUT2D eigenvalue weighted by Crippen LogP contribution is -2.45. The Kier molecular flexibility index (Phi) is 7.00. The molecule has 0 amide bonds. The first-order valence-corrected chi connectivity index (χ1v) is 6.53. The summed E-state index contributed by atoms with van der Waals surface area (Å²) in [5, 5.41) is 3.87. The second-order valence-electron chi connectivity index (χ2n) is 4.48. The van der Waals surface area contributed by atoms with Crippen molar-refractivity contribution >= 4 is 24.0 Å². The molecule has 1 aliphatic heterocycles. The van der Waals surface area contributed by atoms with E-state index in [9.17, 15) is 8.78 Å². The van der Waals surface area contributed by atoms with E-state index in [1.807, 2.05) is 12.1 Å². The maximum absolute atomic E-state index is 12.7. The number of nitrogens with zero attached hydrogens (tertiary/aromatic N) is 1. The van der Waals surface area contributed by atoms with Gasteiger partial charge in [0.1, 0.15) is 0 Å². The monoisotopic (exact) mass is 310 g/mol. The Morgan fingerprint density at radius 1 is 1.16 bits per heavy atom. The fraction of sp³-hybridized carbons (Fsp3) is 0.538. The average molecular weight is 311 g/mol. The molecule has 2 nitrogen and oxygen atoms in total. The van der Waals surface area contributed by atoms with Gasteiger partial charge in [-0.25, -0.2) is 8.78 Å². The highest BCUT2D eigenvalue weighted by Crippen LogP contribution is 2.28. The van der Waals surface area contributed by atoms with Gasteiger partial charge in [0.25, 0.3) is 0 Å². The van der Waals surface area contributed by atoms with Crippen LogP contribution in [0.2, 0.25) is 5.02 Å². The number of halogens is 4. The zero-order valence-electron chi connectivity index (χ0n) is 10.5. The quantitative estimate of drug-likeness (QED) is 0.917. The summed E-state index contributed by atoms with van der Waals surface area (Å²) in [5.41, 5.74) is 0.918. The highest BCUT2D eigenvalue weighted by Gasteiger charge is 2.25. The van der Waals surface area contributed by atoms with Gasteiger partial charge in [-0.1, -0.05) is 23.7 Å². The van der Waals surface area contributed by atoms with Crippen molar-refractivity contribution in [3.63, 3.8) is 0 Å². The van der Waals surface area contributed by atoms with Gasteiger partial charge in [-0.15, -0.1) is 12.4 Å². The summed E-state index contributed by atoms with van der Waals surface area (Å²) in [6.07, 6.45) is -2.41. The van der Waals surface area contributed by atoms with Gasteiger partial charge in [0.15, 0.2) is 0 Å². The zero-order valence-corrected chi connectivity index (χ0v) is 12.1. The second-order valence-corrected chi connectivity index (χ2v) is 4.92. The molecule has 0 unspecified atom stereocenters. The number of hydrogen-bond donors (Lipinski definition) is 1. The summed E-state index contributed by atoms with van der Waals surface area (Å²) in [7, 11) is 0. The molecule has 108 valence electrons.